The molecule has 0 amide bonds. The Hall–Kier alpha value is -0.160. The molecule has 0 saturated carbocycles. The number of ether oxygens (including phenoxy) is 1. The first kappa shape index (κ1) is 15.9. The lowest BCUT2D eigenvalue weighted by molar-refractivity contribution is -0.0196. The van der Waals surface area contributed by atoms with Gasteiger partial charge in [-0.25, -0.2) is 4.39 Å². The van der Waals surface area contributed by atoms with Crippen LogP contribution in [0.3, 0.4) is 0 Å². The van der Waals surface area contributed by atoms with Crippen molar-refractivity contribution in [3.63, 3.8) is 0 Å². The topological polar surface area (TPSA) is 9.23 Å². The van der Waals surface area contributed by atoms with E-state index in [1.165, 1.54) is 25.3 Å². The molecule has 1 nitrogen and oxygen atoms in total. The molecule has 0 aliphatic heterocycles. The van der Waals surface area contributed by atoms with Crippen molar-refractivity contribution in [2.75, 3.05) is 11.0 Å². The molecule has 1 aromatic rings. The highest BCUT2D eigenvalue weighted by Crippen LogP contribution is 2.30. The maximum atomic E-state index is 13.8. The van der Waals surface area contributed by atoms with Gasteiger partial charge in [-0.2, -0.15) is 0 Å². The molecular weight excluding hydrogens is 342 g/mol. The molecule has 1 unspecified atom stereocenters. The summed E-state index contributed by atoms with van der Waals surface area (Å²) in [4.78, 5) is 0. The number of benzene rings is 1. The second-order valence-corrected chi connectivity index (χ2v) is 5.52. The maximum Gasteiger partial charge on any atom is 0.129 e. The van der Waals surface area contributed by atoms with Crippen LogP contribution in [0.25, 0.3) is 0 Å². The second-order valence-electron chi connectivity index (χ2n) is 4.75. The predicted molar refractivity (Wildman–Crippen MR) is 82.7 cm³/mol. The maximum absolute atomic E-state index is 13.8. The normalized spacial score (nSPS) is 14.4. The van der Waals surface area contributed by atoms with Crippen LogP contribution in [0, 0.1) is 5.82 Å². The number of alkyl halides is 1. The van der Waals surface area contributed by atoms with E-state index in [0.29, 0.717) is 12.2 Å². The van der Waals surface area contributed by atoms with Gasteiger partial charge in [-0.15, -0.1) is 0 Å². The van der Waals surface area contributed by atoms with Gasteiger partial charge in [0.2, 0.25) is 0 Å². The fourth-order valence-corrected chi connectivity index (χ4v) is 2.54. The van der Waals surface area contributed by atoms with Crippen molar-refractivity contribution in [1.29, 1.82) is 0 Å². The lowest BCUT2D eigenvalue weighted by atomic mass is 9.97. The number of hydrogen-bond acceptors (Lipinski definition) is 1. The summed E-state index contributed by atoms with van der Waals surface area (Å²) in [5, 5.41) is 0. The Bertz CT molecular complexity index is 356. The number of unbranched alkanes of at least 4 members (excludes halogenated alkanes) is 3. The van der Waals surface area contributed by atoms with Crippen LogP contribution in [0.5, 0.6) is 0 Å². The summed E-state index contributed by atoms with van der Waals surface area (Å²) in [6.45, 7) is 4.86. The number of rotatable bonds is 8. The molecule has 0 aliphatic rings. The Morgan fingerprint density at radius 3 is 2.56 bits per heavy atom. The van der Waals surface area contributed by atoms with Crippen molar-refractivity contribution < 1.29 is 9.13 Å². The minimum atomic E-state index is -0.516. The Kier molecular flexibility index (Phi) is 7.15. The molecule has 102 valence electrons. The van der Waals surface area contributed by atoms with E-state index in [2.05, 4.69) is 29.5 Å². The Morgan fingerprint density at radius 2 is 1.94 bits per heavy atom. The quantitative estimate of drug-likeness (QED) is 0.355. The molecule has 1 aromatic carbocycles. The molecule has 3 heteroatoms. The SMILES string of the molecule is CCCCCCOC(C)(CI)c1ccccc1F. The van der Waals surface area contributed by atoms with Gasteiger partial charge in [0.05, 0.1) is 0 Å². The van der Waals surface area contributed by atoms with E-state index in [4.69, 9.17) is 4.74 Å². The zero-order valence-electron chi connectivity index (χ0n) is 11.2. The second kappa shape index (κ2) is 8.10. The van der Waals surface area contributed by atoms with Gasteiger partial charge in [0.1, 0.15) is 11.4 Å². The third kappa shape index (κ3) is 4.50. The standard InChI is InChI=1S/C15H22FIO/c1-3-4-5-8-11-18-15(2,12-17)13-9-6-7-10-14(13)16/h6-7,9-10H,3-5,8,11-12H2,1-2H3. The highest BCUT2D eigenvalue weighted by molar-refractivity contribution is 14.1. The van der Waals surface area contributed by atoms with Crippen LogP contribution in [-0.2, 0) is 10.3 Å². The van der Waals surface area contributed by atoms with Crippen molar-refractivity contribution in [2.24, 2.45) is 0 Å². The molecule has 0 heterocycles. The molecule has 0 saturated heterocycles. The Labute approximate surface area is 123 Å². The predicted octanol–water partition coefficient (Wildman–Crippen LogP) is 5.07. The molecule has 0 spiro atoms. The van der Waals surface area contributed by atoms with Crippen LogP contribution in [0.15, 0.2) is 24.3 Å². The van der Waals surface area contributed by atoms with Gasteiger partial charge < -0.3 is 4.74 Å². The van der Waals surface area contributed by atoms with Crippen LogP contribution in [0.2, 0.25) is 0 Å². The summed E-state index contributed by atoms with van der Waals surface area (Å²) < 4.78 is 20.5. The summed E-state index contributed by atoms with van der Waals surface area (Å²) >= 11 is 2.26. The van der Waals surface area contributed by atoms with Crippen LogP contribution in [-0.4, -0.2) is 11.0 Å². The minimum absolute atomic E-state index is 0.176. The first-order valence-corrected chi connectivity index (χ1v) is 8.11. The van der Waals surface area contributed by atoms with Crippen molar-refractivity contribution in [3.8, 4) is 0 Å². The molecule has 0 N–H and O–H groups in total. The minimum Gasteiger partial charge on any atom is -0.370 e. The highest BCUT2D eigenvalue weighted by Gasteiger charge is 2.28. The van der Waals surface area contributed by atoms with E-state index in [1.54, 1.807) is 6.07 Å². The van der Waals surface area contributed by atoms with Gasteiger partial charge in [0.25, 0.3) is 0 Å². The van der Waals surface area contributed by atoms with E-state index >= 15 is 0 Å². The third-order valence-electron chi connectivity index (χ3n) is 3.12. The molecule has 0 radical (unpaired) electrons. The largest absolute Gasteiger partial charge is 0.370 e. The first-order valence-electron chi connectivity index (χ1n) is 6.59. The number of halogens is 2. The fraction of sp³-hybridized carbons (Fsp3) is 0.600. The summed E-state index contributed by atoms with van der Waals surface area (Å²) in [6.07, 6.45) is 4.69. The van der Waals surface area contributed by atoms with Gasteiger partial charge >= 0.3 is 0 Å². The number of hydrogen-bond donors (Lipinski definition) is 0. The lowest BCUT2D eigenvalue weighted by Gasteiger charge is -2.29. The average molecular weight is 364 g/mol. The van der Waals surface area contributed by atoms with Crippen molar-refractivity contribution in [2.45, 2.75) is 45.1 Å². The molecular formula is C15H22FIO. The third-order valence-corrected chi connectivity index (χ3v) is 4.57. The Morgan fingerprint density at radius 1 is 1.22 bits per heavy atom. The van der Waals surface area contributed by atoms with Crippen LogP contribution < -0.4 is 0 Å². The highest BCUT2D eigenvalue weighted by atomic mass is 127. The van der Waals surface area contributed by atoms with Gasteiger partial charge in [-0.1, -0.05) is 67.0 Å². The summed E-state index contributed by atoms with van der Waals surface area (Å²) in [5.74, 6) is -0.176. The molecule has 0 bridgehead atoms. The average Bonchev–Trinajstić information content (AvgIpc) is 2.39. The van der Waals surface area contributed by atoms with Crippen molar-refractivity contribution in [3.05, 3.63) is 35.6 Å². The molecule has 0 fully saturated rings. The Balaban J connectivity index is 2.60. The van der Waals surface area contributed by atoms with Crippen LogP contribution in [0.4, 0.5) is 4.39 Å². The molecule has 0 aromatic heterocycles. The molecule has 1 rings (SSSR count). The zero-order chi connectivity index (χ0) is 13.4. The summed E-state index contributed by atoms with van der Waals surface area (Å²) in [5.41, 5.74) is 0.146. The molecule has 0 aliphatic carbocycles. The van der Waals surface area contributed by atoms with Gasteiger partial charge in [0.15, 0.2) is 0 Å². The summed E-state index contributed by atoms with van der Waals surface area (Å²) in [6, 6.07) is 6.90. The van der Waals surface area contributed by atoms with E-state index in [-0.39, 0.29) is 5.82 Å². The van der Waals surface area contributed by atoms with Crippen molar-refractivity contribution in [1.82, 2.24) is 0 Å². The molecule has 1 atom stereocenters. The van der Waals surface area contributed by atoms with E-state index in [0.717, 1.165) is 10.8 Å². The van der Waals surface area contributed by atoms with Crippen LogP contribution >= 0.6 is 22.6 Å². The van der Waals surface area contributed by atoms with E-state index < -0.39 is 5.60 Å². The van der Waals surface area contributed by atoms with Crippen LogP contribution in [0.1, 0.15) is 45.1 Å². The van der Waals surface area contributed by atoms with Gasteiger partial charge in [-0.3, -0.25) is 0 Å². The smallest absolute Gasteiger partial charge is 0.129 e. The zero-order valence-corrected chi connectivity index (χ0v) is 13.4. The van der Waals surface area contributed by atoms with Gasteiger partial charge in [-0.05, 0) is 19.4 Å². The van der Waals surface area contributed by atoms with Gasteiger partial charge in [0, 0.05) is 16.6 Å². The lowest BCUT2D eigenvalue weighted by Crippen LogP contribution is -2.29. The van der Waals surface area contributed by atoms with E-state index in [9.17, 15) is 4.39 Å². The fourth-order valence-electron chi connectivity index (χ4n) is 1.90. The van der Waals surface area contributed by atoms with E-state index in [1.807, 2.05) is 19.1 Å². The molecule has 18 heavy (non-hydrogen) atoms. The monoisotopic (exact) mass is 364 g/mol. The van der Waals surface area contributed by atoms with Crippen molar-refractivity contribution >= 4 is 22.6 Å². The summed E-state index contributed by atoms with van der Waals surface area (Å²) in [7, 11) is 0. The first-order chi connectivity index (χ1) is 8.64.